The molecule has 1 nitrogen and oxygen atoms in total. The van der Waals surface area contributed by atoms with E-state index in [4.69, 9.17) is 4.12 Å². The maximum absolute atomic E-state index is 6.80. The molecule has 0 fully saturated rings. The van der Waals surface area contributed by atoms with Crippen LogP contribution in [0.2, 0.25) is 36.3 Å². The first-order valence-electron chi connectivity index (χ1n) is 6.77. The SMILES string of the molecule is CC[Si](CC)(CC)O[Si](CC)(CC)CC.[Na]. The molecule has 0 heterocycles. The van der Waals surface area contributed by atoms with Crippen LogP contribution in [0.25, 0.3) is 0 Å². The average Bonchev–Trinajstić information content (AvgIpc) is 2.33. The van der Waals surface area contributed by atoms with Crippen molar-refractivity contribution in [1.29, 1.82) is 0 Å². The molecule has 0 aliphatic carbocycles. The van der Waals surface area contributed by atoms with E-state index in [1.807, 2.05) is 0 Å². The summed E-state index contributed by atoms with van der Waals surface area (Å²) >= 11 is 0. The molecule has 0 saturated carbocycles. The third-order valence-corrected chi connectivity index (χ3v) is 15.5. The van der Waals surface area contributed by atoms with Crippen LogP contribution in [0.5, 0.6) is 0 Å². The Bertz CT molecular complexity index is 134. The van der Waals surface area contributed by atoms with E-state index in [2.05, 4.69) is 41.5 Å². The Hall–Kier alpha value is 1.39. The van der Waals surface area contributed by atoms with E-state index >= 15 is 0 Å². The summed E-state index contributed by atoms with van der Waals surface area (Å²) in [6, 6.07) is 7.80. The van der Waals surface area contributed by atoms with E-state index in [0.29, 0.717) is 0 Å². The summed E-state index contributed by atoms with van der Waals surface area (Å²) in [5.41, 5.74) is 0. The molecular formula is C12H30NaOSi2. The van der Waals surface area contributed by atoms with Crippen LogP contribution in [0, 0.1) is 0 Å². The quantitative estimate of drug-likeness (QED) is 0.584. The monoisotopic (exact) mass is 269 g/mol. The van der Waals surface area contributed by atoms with Crippen LogP contribution >= 0.6 is 0 Å². The molecule has 0 spiro atoms. The fraction of sp³-hybridized carbons (Fsp3) is 1.00. The van der Waals surface area contributed by atoms with Crippen LogP contribution in [0.1, 0.15) is 41.5 Å². The molecule has 0 N–H and O–H groups in total. The molecule has 0 unspecified atom stereocenters. The summed E-state index contributed by atoms with van der Waals surface area (Å²) in [5, 5.41) is 0. The van der Waals surface area contributed by atoms with E-state index in [-0.39, 0.29) is 29.6 Å². The van der Waals surface area contributed by atoms with Gasteiger partial charge in [-0.1, -0.05) is 41.5 Å². The van der Waals surface area contributed by atoms with Crippen molar-refractivity contribution in [2.24, 2.45) is 0 Å². The van der Waals surface area contributed by atoms with E-state index < -0.39 is 16.6 Å². The normalized spacial score (nSPS) is 12.4. The zero-order valence-electron chi connectivity index (χ0n) is 12.7. The Kier molecular flexibility index (Phi) is 11.5. The minimum atomic E-state index is -1.35. The van der Waals surface area contributed by atoms with E-state index in [9.17, 15) is 0 Å². The van der Waals surface area contributed by atoms with Gasteiger partial charge in [0.15, 0.2) is 16.6 Å². The van der Waals surface area contributed by atoms with Crippen molar-refractivity contribution >= 4 is 46.2 Å². The van der Waals surface area contributed by atoms with Crippen molar-refractivity contribution in [2.45, 2.75) is 77.8 Å². The number of rotatable bonds is 8. The molecule has 0 aromatic rings. The van der Waals surface area contributed by atoms with Crippen molar-refractivity contribution in [2.75, 3.05) is 0 Å². The smallest absolute Gasteiger partial charge is 0.178 e. The van der Waals surface area contributed by atoms with Gasteiger partial charge < -0.3 is 4.12 Å². The van der Waals surface area contributed by atoms with Gasteiger partial charge in [-0.25, -0.2) is 0 Å². The fourth-order valence-electron chi connectivity index (χ4n) is 2.39. The van der Waals surface area contributed by atoms with Crippen LogP contribution in [-0.2, 0) is 4.12 Å². The largest absolute Gasteiger partial charge is 0.455 e. The molecule has 0 aromatic heterocycles. The van der Waals surface area contributed by atoms with Gasteiger partial charge in [0.25, 0.3) is 0 Å². The Balaban J connectivity index is 0. The van der Waals surface area contributed by atoms with Crippen molar-refractivity contribution in [3.63, 3.8) is 0 Å². The van der Waals surface area contributed by atoms with Gasteiger partial charge in [0.2, 0.25) is 0 Å². The third-order valence-electron chi connectivity index (χ3n) is 4.30. The molecule has 0 aliphatic rings. The summed E-state index contributed by atoms with van der Waals surface area (Å²) < 4.78 is 6.80. The van der Waals surface area contributed by atoms with Gasteiger partial charge in [0.05, 0.1) is 0 Å². The molecule has 4 heteroatoms. The van der Waals surface area contributed by atoms with Crippen LogP contribution in [-0.4, -0.2) is 46.2 Å². The van der Waals surface area contributed by atoms with Crippen LogP contribution in [0.4, 0.5) is 0 Å². The molecule has 0 atom stereocenters. The predicted molar refractivity (Wildman–Crippen MR) is 81.2 cm³/mol. The maximum Gasteiger partial charge on any atom is 0.178 e. The van der Waals surface area contributed by atoms with Gasteiger partial charge in [-0.3, -0.25) is 0 Å². The summed E-state index contributed by atoms with van der Waals surface area (Å²) in [6.45, 7) is 14.0. The molecule has 93 valence electrons. The zero-order valence-corrected chi connectivity index (χ0v) is 16.7. The molecule has 0 saturated heterocycles. The average molecular weight is 270 g/mol. The topological polar surface area (TPSA) is 9.23 Å². The first-order valence-corrected chi connectivity index (χ1v) is 11.8. The molecule has 0 bridgehead atoms. The van der Waals surface area contributed by atoms with Gasteiger partial charge in [-0.15, -0.1) is 0 Å². The molecule has 1 radical (unpaired) electrons. The Labute approximate surface area is 127 Å². The Morgan fingerprint density at radius 2 is 0.750 bits per heavy atom. The third kappa shape index (κ3) is 4.95. The standard InChI is InChI=1S/C12H30OSi2.Na/c1-7-14(8-2,9-3)13-15(10-4,11-5)12-6;/h7-12H2,1-6H3;. The second kappa shape index (κ2) is 9.34. The molecule has 0 aliphatic heterocycles. The van der Waals surface area contributed by atoms with Crippen LogP contribution in [0.3, 0.4) is 0 Å². The van der Waals surface area contributed by atoms with Gasteiger partial charge >= 0.3 is 0 Å². The summed E-state index contributed by atoms with van der Waals surface area (Å²) in [5.74, 6) is 0. The predicted octanol–water partition coefficient (Wildman–Crippen LogP) is 4.63. The maximum atomic E-state index is 6.80. The zero-order chi connectivity index (χ0) is 11.9. The van der Waals surface area contributed by atoms with Gasteiger partial charge in [0, 0.05) is 29.6 Å². The van der Waals surface area contributed by atoms with Gasteiger partial charge in [-0.05, 0) is 36.3 Å². The fourth-order valence-corrected chi connectivity index (χ4v) is 12.5. The molecular weight excluding hydrogens is 239 g/mol. The van der Waals surface area contributed by atoms with Crippen molar-refractivity contribution < 1.29 is 4.12 Å². The Morgan fingerprint density at radius 3 is 0.875 bits per heavy atom. The molecule has 0 aromatic carbocycles. The minimum absolute atomic E-state index is 0. The van der Waals surface area contributed by atoms with E-state index in [1.54, 1.807) is 0 Å². The number of hydrogen-bond acceptors (Lipinski definition) is 1. The van der Waals surface area contributed by atoms with E-state index in [0.717, 1.165) is 0 Å². The minimum Gasteiger partial charge on any atom is -0.455 e. The van der Waals surface area contributed by atoms with Crippen molar-refractivity contribution in [3.05, 3.63) is 0 Å². The van der Waals surface area contributed by atoms with E-state index in [1.165, 1.54) is 36.3 Å². The summed E-state index contributed by atoms with van der Waals surface area (Å²) in [4.78, 5) is 0. The summed E-state index contributed by atoms with van der Waals surface area (Å²) in [6.07, 6.45) is 0. The van der Waals surface area contributed by atoms with Crippen LogP contribution < -0.4 is 0 Å². The Morgan fingerprint density at radius 1 is 0.562 bits per heavy atom. The second-order valence-corrected chi connectivity index (χ2v) is 14.4. The van der Waals surface area contributed by atoms with Crippen LogP contribution in [0.15, 0.2) is 0 Å². The molecule has 0 amide bonds. The first kappa shape index (κ1) is 19.7. The first-order chi connectivity index (χ1) is 7.07. The molecule has 0 rings (SSSR count). The van der Waals surface area contributed by atoms with Gasteiger partial charge in [0.1, 0.15) is 0 Å². The second-order valence-electron chi connectivity index (χ2n) is 4.59. The van der Waals surface area contributed by atoms with Gasteiger partial charge in [-0.2, -0.15) is 0 Å². The van der Waals surface area contributed by atoms with Crippen molar-refractivity contribution in [3.8, 4) is 0 Å². The number of hydrogen-bond donors (Lipinski definition) is 0. The molecule has 16 heavy (non-hydrogen) atoms. The van der Waals surface area contributed by atoms with Crippen molar-refractivity contribution in [1.82, 2.24) is 0 Å². The summed E-state index contributed by atoms with van der Waals surface area (Å²) in [7, 11) is -2.71.